The largest absolute Gasteiger partial charge is 0.416 e. The molecule has 1 amide bonds. The van der Waals surface area contributed by atoms with E-state index in [1.807, 2.05) is 0 Å². The summed E-state index contributed by atoms with van der Waals surface area (Å²) in [5.41, 5.74) is 0.0472. The van der Waals surface area contributed by atoms with Crippen molar-refractivity contribution in [1.29, 1.82) is 0 Å². The molecular weight excluding hydrogens is 429 g/mol. The Balaban J connectivity index is 1.92. The van der Waals surface area contributed by atoms with Gasteiger partial charge in [0.2, 0.25) is 5.91 Å². The number of alkyl halides is 3. The summed E-state index contributed by atoms with van der Waals surface area (Å²) in [5.74, 6) is -0.777. The Kier molecular flexibility index (Phi) is 6.35. The van der Waals surface area contributed by atoms with Gasteiger partial charge in [0.05, 0.1) is 16.1 Å². The fraction of sp³-hybridized carbons (Fsp3) is 0.136. The Bertz CT molecular complexity index is 1180. The quantitative estimate of drug-likeness (QED) is 0.586. The van der Waals surface area contributed by atoms with E-state index in [9.17, 15) is 26.4 Å². The van der Waals surface area contributed by atoms with Crippen LogP contribution in [-0.2, 0) is 21.0 Å². The number of nitrogens with zero attached hydrogens (tertiary/aromatic N) is 1. The van der Waals surface area contributed by atoms with Crippen molar-refractivity contribution in [3.05, 3.63) is 90.0 Å². The van der Waals surface area contributed by atoms with Crippen LogP contribution in [0.15, 0.2) is 83.8 Å². The number of aryl methyl sites for hydroxylation is 1. The van der Waals surface area contributed by atoms with Crippen LogP contribution in [0.25, 0.3) is 0 Å². The molecule has 31 heavy (non-hydrogen) atoms. The van der Waals surface area contributed by atoms with Gasteiger partial charge in [0.1, 0.15) is 6.54 Å². The number of amides is 1. The smallest absolute Gasteiger partial charge is 0.325 e. The summed E-state index contributed by atoms with van der Waals surface area (Å²) in [5, 5.41) is 2.35. The van der Waals surface area contributed by atoms with Crippen LogP contribution in [-0.4, -0.2) is 20.9 Å². The highest BCUT2D eigenvalue weighted by Gasteiger charge is 2.31. The monoisotopic (exact) mass is 448 g/mol. The van der Waals surface area contributed by atoms with Crippen LogP contribution in [0.5, 0.6) is 0 Å². The van der Waals surface area contributed by atoms with E-state index < -0.39 is 34.2 Å². The molecule has 3 rings (SSSR count). The molecule has 0 fully saturated rings. The van der Waals surface area contributed by atoms with Gasteiger partial charge < -0.3 is 5.32 Å². The second kappa shape index (κ2) is 8.81. The van der Waals surface area contributed by atoms with Crippen LogP contribution < -0.4 is 9.62 Å². The standard InChI is InChI=1S/C22H19F3N2O3S/c1-16-7-5-10-19(13-16)27(31(29,30)20-11-3-2-4-12-20)15-21(28)26-18-9-6-8-17(14-18)22(23,24)25/h2-14H,15H2,1H3,(H,26,28). The zero-order valence-corrected chi connectivity index (χ0v) is 17.2. The van der Waals surface area contributed by atoms with Gasteiger partial charge in [0.25, 0.3) is 10.0 Å². The summed E-state index contributed by atoms with van der Waals surface area (Å²) < 4.78 is 66.1. The molecule has 0 heterocycles. The Hall–Kier alpha value is -3.33. The first-order valence-electron chi connectivity index (χ1n) is 9.19. The second-order valence-corrected chi connectivity index (χ2v) is 8.65. The molecule has 162 valence electrons. The number of nitrogens with one attached hydrogen (secondary N) is 1. The minimum atomic E-state index is -4.56. The normalized spacial score (nSPS) is 11.7. The van der Waals surface area contributed by atoms with E-state index in [2.05, 4.69) is 5.32 Å². The van der Waals surface area contributed by atoms with Crippen LogP contribution in [0.3, 0.4) is 0 Å². The third-order valence-electron chi connectivity index (χ3n) is 4.38. The maximum atomic E-state index is 13.2. The Morgan fingerprint density at radius 1 is 0.935 bits per heavy atom. The molecule has 0 aliphatic rings. The summed E-state index contributed by atoms with van der Waals surface area (Å²) in [7, 11) is -4.10. The van der Waals surface area contributed by atoms with Crippen molar-refractivity contribution in [2.24, 2.45) is 0 Å². The second-order valence-electron chi connectivity index (χ2n) is 6.79. The minimum Gasteiger partial charge on any atom is -0.325 e. The maximum Gasteiger partial charge on any atom is 0.416 e. The zero-order valence-electron chi connectivity index (χ0n) is 16.4. The highest BCUT2D eigenvalue weighted by atomic mass is 32.2. The number of hydrogen-bond acceptors (Lipinski definition) is 3. The van der Waals surface area contributed by atoms with E-state index in [1.54, 1.807) is 49.4 Å². The summed E-state index contributed by atoms with van der Waals surface area (Å²) in [4.78, 5) is 12.6. The summed E-state index contributed by atoms with van der Waals surface area (Å²) in [6, 6.07) is 18.3. The van der Waals surface area contributed by atoms with Crippen molar-refractivity contribution >= 4 is 27.3 Å². The fourth-order valence-electron chi connectivity index (χ4n) is 2.92. The predicted molar refractivity (Wildman–Crippen MR) is 112 cm³/mol. The number of carbonyl (C=O) groups excluding carboxylic acids is 1. The highest BCUT2D eigenvalue weighted by molar-refractivity contribution is 7.92. The molecular formula is C22H19F3N2O3S. The molecule has 0 aromatic heterocycles. The lowest BCUT2D eigenvalue weighted by molar-refractivity contribution is -0.137. The van der Waals surface area contributed by atoms with Gasteiger partial charge in [0, 0.05) is 5.69 Å². The first-order chi connectivity index (χ1) is 14.6. The molecule has 0 bridgehead atoms. The van der Waals surface area contributed by atoms with Gasteiger partial charge in [-0.05, 0) is 55.0 Å². The average Bonchev–Trinajstić information content (AvgIpc) is 2.72. The zero-order chi connectivity index (χ0) is 22.6. The minimum absolute atomic E-state index is 0.0108. The van der Waals surface area contributed by atoms with Gasteiger partial charge in [0.15, 0.2) is 0 Å². The van der Waals surface area contributed by atoms with Crippen LogP contribution in [0.1, 0.15) is 11.1 Å². The Labute approximate surface area is 178 Å². The molecule has 0 saturated heterocycles. The number of sulfonamides is 1. The van der Waals surface area contributed by atoms with Crippen molar-refractivity contribution in [3.8, 4) is 0 Å². The molecule has 0 unspecified atom stereocenters. The van der Waals surface area contributed by atoms with Crippen LogP contribution in [0.4, 0.5) is 24.5 Å². The number of halogens is 3. The Morgan fingerprint density at radius 3 is 2.26 bits per heavy atom. The van der Waals surface area contributed by atoms with E-state index in [-0.39, 0.29) is 16.3 Å². The van der Waals surface area contributed by atoms with E-state index in [1.165, 1.54) is 18.2 Å². The van der Waals surface area contributed by atoms with E-state index in [4.69, 9.17) is 0 Å². The molecule has 0 aliphatic heterocycles. The molecule has 0 aliphatic carbocycles. The van der Waals surface area contributed by atoms with Crippen LogP contribution in [0, 0.1) is 6.92 Å². The third-order valence-corrected chi connectivity index (χ3v) is 6.17. The number of rotatable bonds is 6. The number of anilines is 2. The van der Waals surface area contributed by atoms with Crippen molar-refractivity contribution in [1.82, 2.24) is 0 Å². The molecule has 0 spiro atoms. The van der Waals surface area contributed by atoms with Gasteiger partial charge in [-0.15, -0.1) is 0 Å². The average molecular weight is 448 g/mol. The lowest BCUT2D eigenvalue weighted by Crippen LogP contribution is -2.38. The van der Waals surface area contributed by atoms with Gasteiger partial charge in [-0.3, -0.25) is 9.10 Å². The predicted octanol–water partition coefficient (Wildman–Crippen LogP) is 4.85. The van der Waals surface area contributed by atoms with Gasteiger partial charge >= 0.3 is 6.18 Å². The maximum absolute atomic E-state index is 13.2. The summed E-state index contributed by atoms with van der Waals surface area (Å²) in [6.07, 6.45) is -4.56. The first-order valence-corrected chi connectivity index (χ1v) is 10.6. The van der Waals surface area contributed by atoms with Gasteiger partial charge in [-0.2, -0.15) is 13.2 Å². The third kappa shape index (κ3) is 5.43. The highest BCUT2D eigenvalue weighted by Crippen LogP contribution is 2.31. The molecule has 5 nitrogen and oxygen atoms in total. The molecule has 3 aromatic carbocycles. The summed E-state index contributed by atoms with van der Waals surface area (Å²) in [6.45, 7) is 1.16. The van der Waals surface area contributed by atoms with E-state index in [0.29, 0.717) is 0 Å². The molecule has 3 aromatic rings. The van der Waals surface area contributed by atoms with Crippen molar-refractivity contribution in [2.45, 2.75) is 18.0 Å². The van der Waals surface area contributed by atoms with Crippen LogP contribution >= 0.6 is 0 Å². The lowest BCUT2D eigenvalue weighted by Gasteiger charge is -2.24. The van der Waals surface area contributed by atoms with Gasteiger partial charge in [-0.1, -0.05) is 36.4 Å². The van der Waals surface area contributed by atoms with Crippen molar-refractivity contribution in [2.75, 3.05) is 16.2 Å². The van der Waals surface area contributed by atoms with E-state index >= 15 is 0 Å². The number of carbonyl (C=O) groups is 1. The number of hydrogen-bond donors (Lipinski definition) is 1. The van der Waals surface area contributed by atoms with Crippen molar-refractivity contribution < 1.29 is 26.4 Å². The SMILES string of the molecule is Cc1cccc(N(CC(=O)Nc2cccc(C(F)(F)F)c2)S(=O)(=O)c2ccccc2)c1. The molecule has 9 heteroatoms. The first kappa shape index (κ1) is 22.4. The van der Waals surface area contributed by atoms with E-state index in [0.717, 1.165) is 28.1 Å². The topological polar surface area (TPSA) is 66.5 Å². The fourth-order valence-corrected chi connectivity index (χ4v) is 4.36. The van der Waals surface area contributed by atoms with Gasteiger partial charge in [-0.25, -0.2) is 8.42 Å². The molecule has 0 saturated carbocycles. The molecule has 0 radical (unpaired) electrons. The van der Waals surface area contributed by atoms with Crippen LogP contribution in [0.2, 0.25) is 0 Å². The summed E-state index contributed by atoms with van der Waals surface area (Å²) >= 11 is 0. The Morgan fingerprint density at radius 2 is 1.61 bits per heavy atom. The molecule has 1 N–H and O–H groups in total. The lowest BCUT2D eigenvalue weighted by atomic mass is 10.2. The van der Waals surface area contributed by atoms with Crippen molar-refractivity contribution in [3.63, 3.8) is 0 Å². The number of benzene rings is 3. The molecule has 0 atom stereocenters.